The summed E-state index contributed by atoms with van der Waals surface area (Å²) < 4.78 is 64.4. The highest BCUT2D eigenvalue weighted by atomic mass is 32.2. The van der Waals surface area contributed by atoms with Crippen molar-refractivity contribution in [2.24, 2.45) is 0 Å². The minimum atomic E-state index is -4.77. The Hall–Kier alpha value is -2.26. The fourth-order valence-corrected chi connectivity index (χ4v) is 4.04. The molecule has 0 fully saturated rings. The van der Waals surface area contributed by atoms with Gasteiger partial charge in [0, 0.05) is 0 Å². The molecule has 0 unspecified atom stereocenters. The van der Waals surface area contributed by atoms with Gasteiger partial charge in [-0.15, -0.1) is 11.3 Å². The summed E-state index contributed by atoms with van der Waals surface area (Å²) in [6.45, 7) is 0. The molecule has 0 aliphatic heterocycles. The summed E-state index contributed by atoms with van der Waals surface area (Å²) in [5.41, 5.74) is -0.900. The molecule has 0 atom stereocenters. The number of halogens is 3. The second-order valence-electron chi connectivity index (χ2n) is 5.14. The molecule has 130 valence electrons. The number of alkyl halides is 3. The fraction of sp³-hybridized carbons (Fsp3) is 0.125. The van der Waals surface area contributed by atoms with Gasteiger partial charge in [0.1, 0.15) is 5.69 Å². The van der Waals surface area contributed by atoms with Gasteiger partial charge in [-0.2, -0.15) is 13.2 Å². The molecule has 4 nitrogen and oxygen atoms in total. The Kier molecular flexibility index (Phi) is 4.61. The van der Waals surface area contributed by atoms with Crippen LogP contribution in [0.4, 0.5) is 13.2 Å². The van der Waals surface area contributed by atoms with Gasteiger partial charge in [0.05, 0.1) is 16.3 Å². The van der Waals surface area contributed by atoms with Crippen LogP contribution in [0.2, 0.25) is 0 Å². The molecule has 0 saturated carbocycles. The van der Waals surface area contributed by atoms with Crippen LogP contribution < -0.4 is 0 Å². The molecule has 1 aromatic carbocycles. The first-order chi connectivity index (χ1) is 11.8. The molecule has 0 spiro atoms. The fourth-order valence-electron chi connectivity index (χ4n) is 2.12. The van der Waals surface area contributed by atoms with Gasteiger partial charge in [0.2, 0.25) is 15.0 Å². The minimum Gasteiger partial charge on any atom is -0.220 e. The number of aromatic nitrogens is 2. The lowest BCUT2D eigenvalue weighted by molar-refractivity contribution is -0.141. The summed E-state index contributed by atoms with van der Waals surface area (Å²) in [6.07, 6.45) is -4.77. The zero-order valence-corrected chi connectivity index (χ0v) is 14.2. The van der Waals surface area contributed by atoms with E-state index in [0.29, 0.717) is 10.4 Å². The van der Waals surface area contributed by atoms with Gasteiger partial charge in [-0.25, -0.2) is 18.4 Å². The SMILES string of the molecule is O=S(=O)(Cc1ccccc1)c1nc(-c2cccs2)cc(C(F)(F)F)n1. The molecule has 9 heteroatoms. The van der Waals surface area contributed by atoms with Gasteiger partial charge in [0.15, 0.2) is 0 Å². The number of benzene rings is 1. The van der Waals surface area contributed by atoms with Crippen LogP contribution in [0.3, 0.4) is 0 Å². The van der Waals surface area contributed by atoms with Gasteiger partial charge >= 0.3 is 6.18 Å². The highest BCUT2D eigenvalue weighted by Crippen LogP contribution is 2.32. The van der Waals surface area contributed by atoms with E-state index in [1.165, 1.54) is 11.3 Å². The lowest BCUT2D eigenvalue weighted by atomic mass is 10.2. The first-order valence-corrected chi connectivity index (χ1v) is 9.56. The second-order valence-corrected chi connectivity index (χ2v) is 7.97. The van der Waals surface area contributed by atoms with E-state index in [2.05, 4.69) is 9.97 Å². The Labute approximate surface area is 145 Å². The third-order valence-corrected chi connectivity index (χ3v) is 5.59. The van der Waals surface area contributed by atoms with Crippen LogP contribution in [0, 0.1) is 0 Å². The summed E-state index contributed by atoms with van der Waals surface area (Å²) in [7, 11) is -4.13. The van der Waals surface area contributed by atoms with Crippen LogP contribution in [0.15, 0.2) is 59.1 Å². The molecular weight excluding hydrogens is 373 g/mol. The van der Waals surface area contributed by atoms with Crippen LogP contribution in [0.1, 0.15) is 11.3 Å². The molecular formula is C16H11F3N2O2S2. The molecule has 0 N–H and O–H groups in total. The van der Waals surface area contributed by atoms with Gasteiger partial charge in [-0.1, -0.05) is 36.4 Å². The van der Waals surface area contributed by atoms with Gasteiger partial charge < -0.3 is 0 Å². The maximum atomic E-state index is 13.1. The van der Waals surface area contributed by atoms with Crippen molar-refractivity contribution >= 4 is 21.2 Å². The van der Waals surface area contributed by atoms with Crippen molar-refractivity contribution in [1.29, 1.82) is 0 Å². The molecule has 0 radical (unpaired) electrons. The van der Waals surface area contributed by atoms with E-state index in [-0.39, 0.29) is 5.69 Å². The van der Waals surface area contributed by atoms with E-state index < -0.39 is 32.6 Å². The van der Waals surface area contributed by atoms with Crippen LogP contribution in [-0.4, -0.2) is 18.4 Å². The molecule has 3 aromatic rings. The van der Waals surface area contributed by atoms with Crippen molar-refractivity contribution in [3.8, 4) is 10.6 Å². The number of nitrogens with zero attached hydrogens (tertiary/aromatic N) is 2. The largest absolute Gasteiger partial charge is 0.433 e. The zero-order chi connectivity index (χ0) is 18.1. The highest BCUT2D eigenvalue weighted by molar-refractivity contribution is 7.90. The van der Waals surface area contributed by atoms with Crippen LogP contribution in [-0.2, 0) is 21.8 Å². The number of hydrogen-bond donors (Lipinski definition) is 0. The predicted octanol–water partition coefficient (Wildman–Crippen LogP) is 4.20. The van der Waals surface area contributed by atoms with Crippen molar-refractivity contribution in [2.75, 3.05) is 0 Å². The quantitative estimate of drug-likeness (QED) is 0.633. The summed E-state index contributed by atoms with van der Waals surface area (Å²) >= 11 is 1.17. The standard InChI is InChI=1S/C16H11F3N2O2S2/c17-16(18,19)14-9-12(13-7-4-8-24-13)20-15(21-14)25(22,23)10-11-5-2-1-3-6-11/h1-9H,10H2. The van der Waals surface area contributed by atoms with Gasteiger partial charge in [-0.05, 0) is 23.1 Å². The maximum Gasteiger partial charge on any atom is 0.433 e. The van der Waals surface area contributed by atoms with E-state index in [0.717, 1.165) is 6.07 Å². The average Bonchev–Trinajstić information content (AvgIpc) is 3.09. The Morgan fingerprint density at radius 2 is 1.72 bits per heavy atom. The van der Waals surface area contributed by atoms with E-state index in [1.54, 1.807) is 47.8 Å². The predicted molar refractivity (Wildman–Crippen MR) is 87.7 cm³/mol. The Balaban J connectivity index is 2.10. The molecule has 0 saturated heterocycles. The first kappa shape index (κ1) is 17.6. The molecule has 0 aliphatic carbocycles. The molecule has 0 aliphatic rings. The van der Waals surface area contributed by atoms with E-state index >= 15 is 0 Å². The van der Waals surface area contributed by atoms with Crippen molar-refractivity contribution in [3.05, 3.63) is 65.2 Å². The lowest BCUT2D eigenvalue weighted by Crippen LogP contribution is -2.16. The third-order valence-electron chi connectivity index (χ3n) is 3.25. The Morgan fingerprint density at radius 3 is 2.32 bits per heavy atom. The monoisotopic (exact) mass is 384 g/mol. The lowest BCUT2D eigenvalue weighted by Gasteiger charge is -2.10. The molecule has 3 rings (SSSR count). The van der Waals surface area contributed by atoms with E-state index in [9.17, 15) is 21.6 Å². The summed E-state index contributed by atoms with van der Waals surface area (Å²) in [4.78, 5) is 7.57. The summed E-state index contributed by atoms with van der Waals surface area (Å²) in [5, 5.41) is 0.845. The minimum absolute atomic E-state index is 0.0658. The van der Waals surface area contributed by atoms with Gasteiger partial charge in [-0.3, -0.25) is 0 Å². The maximum absolute atomic E-state index is 13.1. The topological polar surface area (TPSA) is 59.9 Å². The smallest absolute Gasteiger partial charge is 0.220 e. The number of thiophene rings is 1. The van der Waals surface area contributed by atoms with Crippen molar-refractivity contribution in [1.82, 2.24) is 9.97 Å². The number of hydrogen-bond acceptors (Lipinski definition) is 5. The third kappa shape index (κ3) is 4.05. The zero-order valence-electron chi connectivity index (χ0n) is 12.6. The van der Waals surface area contributed by atoms with Crippen LogP contribution in [0.25, 0.3) is 10.6 Å². The Bertz CT molecular complexity index is 970. The highest BCUT2D eigenvalue weighted by Gasteiger charge is 2.35. The van der Waals surface area contributed by atoms with Crippen molar-refractivity contribution in [2.45, 2.75) is 17.1 Å². The first-order valence-electron chi connectivity index (χ1n) is 7.02. The van der Waals surface area contributed by atoms with E-state index in [4.69, 9.17) is 0 Å². The number of rotatable bonds is 4. The normalized spacial score (nSPS) is 12.3. The van der Waals surface area contributed by atoms with Crippen LogP contribution in [0.5, 0.6) is 0 Å². The van der Waals surface area contributed by atoms with E-state index in [1.807, 2.05) is 0 Å². The summed E-state index contributed by atoms with van der Waals surface area (Å²) in [5.74, 6) is -0.473. The van der Waals surface area contributed by atoms with Crippen molar-refractivity contribution < 1.29 is 21.6 Å². The molecule has 0 amide bonds. The Morgan fingerprint density at radius 1 is 1.00 bits per heavy atom. The molecule has 2 aromatic heterocycles. The molecule has 25 heavy (non-hydrogen) atoms. The van der Waals surface area contributed by atoms with Crippen molar-refractivity contribution in [3.63, 3.8) is 0 Å². The molecule has 2 heterocycles. The second kappa shape index (κ2) is 6.57. The summed E-state index contributed by atoms with van der Waals surface area (Å²) in [6, 6.07) is 12.1. The van der Waals surface area contributed by atoms with Gasteiger partial charge in [0.25, 0.3) is 0 Å². The number of sulfone groups is 1. The van der Waals surface area contributed by atoms with Crippen LogP contribution >= 0.6 is 11.3 Å². The molecule has 0 bridgehead atoms. The average molecular weight is 384 g/mol.